The fraction of sp³-hybridized carbons (Fsp3) is 0.263. The van der Waals surface area contributed by atoms with Gasteiger partial charge in [0.1, 0.15) is 11.6 Å². The van der Waals surface area contributed by atoms with Gasteiger partial charge in [0.05, 0.1) is 17.1 Å². The van der Waals surface area contributed by atoms with E-state index in [0.29, 0.717) is 17.7 Å². The number of rotatable bonds is 7. The van der Waals surface area contributed by atoms with E-state index in [4.69, 9.17) is 4.74 Å². The third-order valence-corrected chi connectivity index (χ3v) is 3.93. The van der Waals surface area contributed by atoms with Gasteiger partial charge in [-0.3, -0.25) is 14.9 Å². The average molecular weight is 410 g/mol. The molecule has 0 heterocycles. The van der Waals surface area contributed by atoms with Gasteiger partial charge in [-0.25, -0.2) is 4.79 Å². The van der Waals surface area contributed by atoms with Gasteiger partial charge in [-0.1, -0.05) is 30.3 Å². The molecule has 29 heavy (non-hydrogen) atoms. The van der Waals surface area contributed by atoms with Gasteiger partial charge in [0, 0.05) is 12.5 Å². The number of nitro benzene ring substituents is 1. The molecule has 1 amide bonds. The van der Waals surface area contributed by atoms with Gasteiger partial charge in [0.15, 0.2) is 0 Å². The van der Waals surface area contributed by atoms with Crippen LogP contribution in [0.4, 0.5) is 18.9 Å². The van der Waals surface area contributed by atoms with Gasteiger partial charge in [0.25, 0.3) is 11.6 Å². The zero-order chi connectivity index (χ0) is 21.6. The Balaban J connectivity index is 2.32. The highest BCUT2D eigenvalue weighted by Gasteiger charge is 2.34. The van der Waals surface area contributed by atoms with Gasteiger partial charge in [0.2, 0.25) is 0 Å². The molecule has 0 aliphatic heterocycles. The molecule has 154 valence electrons. The van der Waals surface area contributed by atoms with Crippen LogP contribution in [0, 0.1) is 10.1 Å². The zero-order valence-electron chi connectivity index (χ0n) is 15.2. The molecule has 0 aliphatic rings. The first kappa shape index (κ1) is 21.9. The number of nitrogens with zero attached hydrogens (tertiary/aromatic N) is 1. The van der Waals surface area contributed by atoms with Gasteiger partial charge in [-0.2, -0.15) is 13.2 Å². The number of nitrogens with one attached hydrogen (secondary N) is 1. The van der Waals surface area contributed by atoms with Gasteiger partial charge >= 0.3 is 12.1 Å². The Labute approximate surface area is 163 Å². The molecule has 0 aromatic heterocycles. The Kier molecular flexibility index (Phi) is 6.92. The molecule has 10 heteroatoms. The van der Waals surface area contributed by atoms with Crippen LogP contribution < -0.4 is 5.32 Å². The average Bonchev–Trinajstić information content (AvgIpc) is 2.67. The number of ether oxygens (including phenoxy) is 1. The fourth-order valence-electron chi connectivity index (χ4n) is 2.57. The van der Waals surface area contributed by atoms with E-state index < -0.39 is 45.8 Å². The van der Waals surface area contributed by atoms with Crippen molar-refractivity contribution in [3.8, 4) is 0 Å². The second-order valence-corrected chi connectivity index (χ2v) is 5.95. The molecule has 1 atom stereocenters. The summed E-state index contributed by atoms with van der Waals surface area (Å²) in [6.07, 6.45) is -4.76. The summed E-state index contributed by atoms with van der Waals surface area (Å²) < 4.78 is 43.4. The van der Waals surface area contributed by atoms with Crippen molar-refractivity contribution in [1.29, 1.82) is 0 Å². The van der Waals surface area contributed by atoms with Gasteiger partial charge < -0.3 is 10.1 Å². The summed E-state index contributed by atoms with van der Waals surface area (Å²) in [6.45, 7) is 1.61. The zero-order valence-corrected chi connectivity index (χ0v) is 15.2. The molecule has 0 fully saturated rings. The maximum Gasteiger partial charge on any atom is 0.416 e. The first-order chi connectivity index (χ1) is 13.6. The van der Waals surface area contributed by atoms with E-state index in [2.05, 4.69) is 5.32 Å². The molecular formula is C19H17F3N2O5. The summed E-state index contributed by atoms with van der Waals surface area (Å²) >= 11 is 0. The fourth-order valence-corrected chi connectivity index (χ4v) is 2.57. The summed E-state index contributed by atoms with van der Waals surface area (Å²) in [5, 5.41) is 13.5. The number of hydrogen-bond acceptors (Lipinski definition) is 5. The number of nitro groups is 1. The topological polar surface area (TPSA) is 98.5 Å². The van der Waals surface area contributed by atoms with Crippen molar-refractivity contribution in [2.45, 2.75) is 25.6 Å². The largest absolute Gasteiger partial charge is 0.464 e. The molecule has 0 saturated heterocycles. The van der Waals surface area contributed by atoms with Gasteiger partial charge in [-0.05, 0) is 24.6 Å². The Hall–Kier alpha value is -3.43. The summed E-state index contributed by atoms with van der Waals surface area (Å²) in [7, 11) is 0. The minimum Gasteiger partial charge on any atom is -0.464 e. The lowest BCUT2D eigenvalue weighted by molar-refractivity contribution is -0.385. The van der Waals surface area contributed by atoms with Crippen molar-refractivity contribution in [3.05, 3.63) is 75.3 Å². The second kappa shape index (κ2) is 9.18. The van der Waals surface area contributed by atoms with Crippen LogP contribution in [0.1, 0.15) is 28.4 Å². The molecule has 2 aromatic carbocycles. The summed E-state index contributed by atoms with van der Waals surface area (Å²) in [6, 6.07) is 9.00. The molecule has 1 N–H and O–H groups in total. The highest BCUT2D eigenvalue weighted by molar-refractivity contribution is 6.00. The number of halogens is 3. The number of hydrogen-bond donors (Lipinski definition) is 1. The van der Waals surface area contributed by atoms with E-state index in [0.717, 1.165) is 0 Å². The van der Waals surface area contributed by atoms with Crippen LogP contribution in [-0.4, -0.2) is 29.4 Å². The number of amides is 1. The molecule has 2 rings (SSSR count). The Morgan fingerprint density at radius 1 is 1.17 bits per heavy atom. The minimum absolute atomic E-state index is 0.0415. The maximum atomic E-state index is 12.8. The molecule has 2 aromatic rings. The standard InChI is InChI=1S/C19H17F3N2O5/c1-2-29-18(26)15(10-12-6-4-3-5-7-12)23-17(25)14-9-8-13(19(20,21)22)11-16(14)24(27)28/h3-9,11,15H,2,10H2,1H3,(H,23,25). The molecule has 0 bridgehead atoms. The predicted octanol–water partition coefficient (Wildman–Crippen LogP) is 3.52. The van der Waals surface area contributed by atoms with E-state index in [1.165, 1.54) is 0 Å². The lowest BCUT2D eigenvalue weighted by Gasteiger charge is -2.18. The summed E-state index contributed by atoms with van der Waals surface area (Å²) in [5.41, 5.74) is -2.18. The smallest absolute Gasteiger partial charge is 0.416 e. The molecule has 7 nitrogen and oxygen atoms in total. The third-order valence-electron chi connectivity index (χ3n) is 3.93. The van der Waals surface area contributed by atoms with Crippen LogP contribution >= 0.6 is 0 Å². The quantitative estimate of drug-likeness (QED) is 0.428. The van der Waals surface area contributed by atoms with E-state index in [1.54, 1.807) is 37.3 Å². The van der Waals surface area contributed by atoms with E-state index in [-0.39, 0.29) is 19.1 Å². The van der Waals surface area contributed by atoms with E-state index in [1.807, 2.05) is 0 Å². The molecule has 0 saturated carbocycles. The van der Waals surface area contributed by atoms with Crippen LogP contribution in [0.3, 0.4) is 0 Å². The van der Waals surface area contributed by atoms with Crippen molar-refractivity contribution >= 4 is 17.6 Å². The lowest BCUT2D eigenvalue weighted by Crippen LogP contribution is -2.43. The normalized spacial score (nSPS) is 12.1. The van der Waals surface area contributed by atoms with Crippen molar-refractivity contribution < 1.29 is 32.4 Å². The number of carbonyl (C=O) groups is 2. The SMILES string of the molecule is CCOC(=O)C(Cc1ccccc1)NC(=O)c1ccc(C(F)(F)F)cc1[N+](=O)[O-]. The molecule has 0 radical (unpaired) electrons. The summed E-state index contributed by atoms with van der Waals surface area (Å²) in [4.78, 5) is 34.8. The first-order valence-electron chi connectivity index (χ1n) is 8.50. The highest BCUT2D eigenvalue weighted by atomic mass is 19.4. The monoisotopic (exact) mass is 410 g/mol. The third kappa shape index (κ3) is 5.77. The maximum absolute atomic E-state index is 12.8. The van der Waals surface area contributed by atoms with Crippen LogP contribution in [0.2, 0.25) is 0 Å². The number of benzene rings is 2. The van der Waals surface area contributed by atoms with Crippen molar-refractivity contribution in [2.24, 2.45) is 0 Å². The number of esters is 1. The summed E-state index contributed by atoms with van der Waals surface area (Å²) in [5.74, 6) is -1.82. The van der Waals surface area contributed by atoms with Gasteiger partial charge in [-0.15, -0.1) is 0 Å². The van der Waals surface area contributed by atoms with Crippen LogP contribution in [0.15, 0.2) is 48.5 Å². The van der Waals surface area contributed by atoms with E-state index in [9.17, 15) is 32.9 Å². The number of carbonyl (C=O) groups excluding carboxylic acids is 2. The Morgan fingerprint density at radius 3 is 2.38 bits per heavy atom. The van der Waals surface area contributed by atoms with Crippen LogP contribution in [-0.2, 0) is 22.1 Å². The Bertz CT molecular complexity index is 900. The van der Waals surface area contributed by atoms with Crippen molar-refractivity contribution in [2.75, 3.05) is 6.61 Å². The molecule has 1 unspecified atom stereocenters. The van der Waals surface area contributed by atoms with Crippen molar-refractivity contribution in [1.82, 2.24) is 5.32 Å². The number of alkyl halides is 3. The molecule has 0 spiro atoms. The highest BCUT2D eigenvalue weighted by Crippen LogP contribution is 2.33. The molecule has 0 aliphatic carbocycles. The predicted molar refractivity (Wildman–Crippen MR) is 96.1 cm³/mol. The van der Waals surface area contributed by atoms with E-state index >= 15 is 0 Å². The van der Waals surface area contributed by atoms with Crippen LogP contribution in [0.25, 0.3) is 0 Å². The molecular weight excluding hydrogens is 393 g/mol. The van der Waals surface area contributed by atoms with Crippen LogP contribution in [0.5, 0.6) is 0 Å². The minimum atomic E-state index is -4.81. The first-order valence-corrected chi connectivity index (χ1v) is 8.50. The second-order valence-electron chi connectivity index (χ2n) is 5.95. The Morgan fingerprint density at radius 2 is 1.83 bits per heavy atom. The lowest BCUT2D eigenvalue weighted by atomic mass is 10.0. The van der Waals surface area contributed by atoms with Crippen molar-refractivity contribution in [3.63, 3.8) is 0 Å².